The summed E-state index contributed by atoms with van der Waals surface area (Å²) in [6, 6.07) is 13.8. The van der Waals surface area contributed by atoms with Crippen molar-refractivity contribution in [3.8, 4) is 0 Å². The number of hydrogen-bond donors (Lipinski definition) is 1. The Bertz CT molecular complexity index is 868. The maximum atomic E-state index is 13.0. The highest BCUT2D eigenvalue weighted by Gasteiger charge is 2.35. The third kappa shape index (κ3) is 3.46. The first kappa shape index (κ1) is 17.8. The van der Waals surface area contributed by atoms with Gasteiger partial charge >= 0.3 is 0 Å². The SMILES string of the molecule is O=C1C(=Cc2ccc(Cl)c(Cl)c2)C(NC2CCCCC2)c2ccccc21. The van der Waals surface area contributed by atoms with E-state index in [9.17, 15) is 4.79 Å². The molecule has 4 heteroatoms. The fourth-order valence-corrected chi connectivity index (χ4v) is 4.33. The van der Waals surface area contributed by atoms with Gasteiger partial charge in [-0.25, -0.2) is 0 Å². The molecule has 1 N–H and O–H groups in total. The summed E-state index contributed by atoms with van der Waals surface area (Å²) in [5.41, 5.74) is 3.56. The predicted octanol–water partition coefficient (Wildman–Crippen LogP) is 6.24. The molecule has 26 heavy (non-hydrogen) atoms. The first-order valence-corrected chi connectivity index (χ1v) is 9.95. The standard InChI is InChI=1S/C22H21Cl2NO/c23-19-11-10-14(13-20(19)24)12-18-21(25-15-6-2-1-3-7-15)16-8-4-5-9-17(16)22(18)26/h4-5,8-13,15,21,25H,1-3,6-7H2. The molecule has 2 aliphatic rings. The van der Waals surface area contributed by atoms with Crippen LogP contribution in [0.4, 0.5) is 0 Å². The van der Waals surface area contributed by atoms with Gasteiger partial charge in [-0.15, -0.1) is 0 Å². The van der Waals surface area contributed by atoms with Crippen LogP contribution in [0.2, 0.25) is 10.0 Å². The van der Waals surface area contributed by atoms with Gasteiger partial charge in [0.25, 0.3) is 0 Å². The van der Waals surface area contributed by atoms with Crippen LogP contribution >= 0.6 is 23.2 Å². The summed E-state index contributed by atoms with van der Waals surface area (Å²) in [6.45, 7) is 0. The van der Waals surface area contributed by atoms with Crippen LogP contribution in [-0.4, -0.2) is 11.8 Å². The number of carbonyl (C=O) groups is 1. The lowest BCUT2D eigenvalue weighted by atomic mass is 9.93. The van der Waals surface area contributed by atoms with E-state index < -0.39 is 0 Å². The first-order valence-electron chi connectivity index (χ1n) is 9.20. The maximum absolute atomic E-state index is 13.0. The van der Waals surface area contributed by atoms with E-state index in [4.69, 9.17) is 23.2 Å². The summed E-state index contributed by atoms with van der Waals surface area (Å²) in [5.74, 6) is 0.0972. The molecule has 0 spiro atoms. The number of ketones is 1. The molecule has 2 nitrogen and oxygen atoms in total. The zero-order valence-corrected chi connectivity index (χ0v) is 16.0. The van der Waals surface area contributed by atoms with Crippen molar-refractivity contribution in [1.82, 2.24) is 5.32 Å². The van der Waals surface area contributed by atoms with Crippen LogP contribution in [0.3, 0.4) is 0 Å². The van der Waals surface area contributed by atoms with E-state index in [0.29, 0.717) is 16.1 Å². The van der Waals surface area contributed by atoms with Gasteiger partial charge in [-0.3, -0.25) is 4.79 Å². The molecular formula is C22H21Cl2NO. The molecule has 1 unspecified atom stereocenters. The first-order chi connectivity index (χ1) is 12.6. The molecule has 134 valence electrons. The van der Waals surface area contributed by atoms with Gasteiger partial charge in [0.05, 0.1) is 16.1 Å². The minimum absolute atomic E-state index is 0.0590. The summed E-state index contributed by atoms with van der Waals surface area (Å²) in [7, 11) is 0. The summed E-state index contributed by atoms with van der Waals surface area (Å²) < 4.78 is 0. The second kappa shape index (κ2) is 7.56. The van der Waals surface area contributed by atoms with E-state index in [1.807, 2.05) is 36.4 Å². The lowest BCUT2D eigenvalue weighted by Gasteiger charge is -2.27. The molecule has 0 aromatic heterocycles. The average Bonchev–Trinajstić information content (AvgIpc) is 2.92. The molecule has 0 heterocycles. The Labute approximate surface area is 164 Å². The number of benzene rings is 2. The largest absolute Gasteiger partial charge is 0.303 e. The Morgan fingerprint density at radius 3 is 2.50 bits per heavy atom. The van der Waals surface area contributed by atoms with Crippen LogP contribution in [0.25, 0.3) is 6.08 Å². The van der Waals surface area contributed by atoms with Gasteiger partial charge in [-0.1, -0.05) is 72.8 Å². The van der Waals surface area contributed by atoms with E-state index in [-0.39, 0.29) is 11.8 Å². The van der Waals surface area contributed by atoms with E-state index in [2.05, 4.69) is 11.4 Å². The van der Waals surface area contributed by atoms with Crippen LogP contribution < -0.4 is 5.32 Å². The lowest BCUT2D eigenvalue weighted by molar-refractivity contribution is 0.103. The number of nitrogens with one attached hydrogen (secondary N) is 1. The van der Waals surface area contributed by atoms with Crippen molar-refractivity contribution in [3.05, 3.63) is 74.8 Å². The summed E-state index contributed by atoms with van der Waals surface area (Å²) in [5, 5.41) is 4.77. The smallest absolute Gasteiger partial charge is 0.191 e. The minimum Gasteiger partial charge on any atom is -0.303 e. The molecule has 0 amide bonds. The van der Waals surface area contributed by atoms with E-state index in [1.165, 1.54) is 32.1 Å². The van der Waals surface area contributed by atoms with Gasteiger partial charge in [0, 0.05) is 17.2 Å². The summed E-state index contributed by atoms with van der Waals surface area (Å²) in [6.07, 6.45) is 8.12. The van der Waals surface area contributed by atoms with Crippen molar-refractivity contribution in [1.29, 1.82) is 0 Å². The maximum Gasteiger partial charge on any atom is 0.191 e. The van der Waals surface area contributed by atoms with E-state index in [1.54, 1.807) is 6.07 Å². The van der Waals surface area contributed by atoms with Crippen molar-refractivity contribution in [2.75, 3.05) is 0 Å². The number of halogens is 2. The average molecular weight is 386 g/mol. The molecular weight excluding hydrogens is 365 g/mol. The Hall–Kier alpha value is -1.61. The molecule has 2 aromatic rings. The van der Waals surface area contributed by atoms with Gasteiger partial charge in [0.2, 0.25) is 0 Å². The van der Waals surface area contributed by atoms with Crippen molar-refractivity contribution in [2.24, 2.45) is 0 Å². The fraction of sp³-hybridized carbons (Fsp3) is 0.318. The summed E-state index contributed by atoms with van der Waals surface area (Å²) in [4.78, 5) is 13.0. The van der Waals surface area contributed by atoms with E-state index in [0.717, 1.165) is 22.3 Å². The van der Waals surface area contributed by atoms with Gasteiger partial charge in [-0.05, 0) is 42.2 Å². The van der Waals surface area contributed by atoms with Crippen LogP contribution in [0.15, 0.2) is 48.0 Å². The normalized spacial score (nSPS) is 22.0. The molecule has 0 bridgehead atoms. The predicted molar refractivity (Wildman–Crippen MR) is 108 cm³/mol. The van der Waals surface area contributed by atoms with E-state index >= 15 is 0 Å². The second-order valence-corrected chi connectivity index (χ2v) is 7.94. The van der Waals surface area contributed by atoms with Gasteiger partial charge < -0.3 is 5.32 Å². The molecule has 0 radical (unpaired) electrons. The van der Waals surface area contributed by atoms with Crippen LogP contribution in [0.5, 0.6) is 0 Å². The number of rotatable bonds is 3. The molecule has 1 atom stereocenters. The third-order valence-electron chi connectivity index (χ3n) is 5.36. The van der Waals surface area contributed by atoms with Crippen molar-refractivity contribution >= 4 is 35.1 Å². The number of fused-ring (bicyclic) bond motifs is 1. The van der Waals surface area contributed by atoms with Crippen LogP contribution in [0, 0.1) is 0 Å². The third-order valence-corrected chi connectivity index (χ3v) is 6.10. The Morgan fingerprint density at radius 2 is 1.73 bits per heavy atom. The lowest BCUT2D eigenvalue weighted by Crippen LogP contribution is -2.34. The molecule has 1 saturated carbocycles. The number of Topliss-reactive ketones (excluding diaryl/α,β-unsaturated/α-hetero) is 1. The molecule has 2 aliphatic carbocycles. The van der Waals surface area contributed by atoms with Crippen molar-refractivity contribution in [3.63, 3.8) is 0 Å². The molecule has 0 aliphatic heterocycles. The highest BCUT2D eigenvalue weighted by Crippen LogP contribution is 2.38. The van der Waals surface area contributed by atoms with Gasteiger partial charge in [-0.2, -0.15) is 0 Å². The van der Waals surface area contributed by atoms with Gasteiger partial charge in [0.15, 0.2) is 5.78 Å². The fourth-order valence-electron chi connectivity index (χ4n) is 4.02. The van der Waals surface area contributed by atoms with Crippen molar-refractivity contribution in [2.45, 2.75) is 44.2 Å². The second-order valence-electron chi connectivity index (χ2n) is 7.12. The summed E-state index contributed by atoms with van der Waals surface area (Å²) >= 11 is 12.2. The highest BCUT2D eigenvalue weighted by molar-refractivity contribution is 6.42. The molecule has 2 aromatic carbocycles. The zero-order valence-electron chi connectivity index (χ0n) is 14.5. The Kier molecular flexibility index (Phi) is 5.17. The quantitative estimate of drug-likeness (QED) is 0.633. The highest BCUT2D eigenvalue weighted by atomic mass is 35.5. The number of hydrogen-bond acceptors (Lipinski definition) is 2. The molecule has 1 fully saturated rings. The Balaban J connectivity index is 1.71. The molecule has 0 saturated heterocycles. The van der Waals surface area contributed by atoms with Gasteiger partial charge in [0.1, 0.15) is 0 Å². The minimum atomic E-state index is -0.0590. The van der Waals surface area contributed by atoms with Crippen LogP contribution in [-0.2, 0) is 0 Å². The number of carbonyl (C=O) groups excluding carboxylic acids is 1. The molecule has 4 rings (SSSR count). The van der Waals surface area contributed by atoms with Crippen LogP contribution in [0.1, 0.15) is 59.6 Å². The monoisotopic (exact) mass is 385 g/mol. The van der Waals surface area contributed by atoms with Crippen molar-refractivity contribution < 1.29 is 4.79 Å². The topological polar surface area (TPSA) is 29.1 Å². The Morgan fingerprint density at radius 1 is 0.962 bits per heavy atom. The zero-order chi connectivity index (χ0) is 18.1.